The first-order chi connectivity index (χ1) is 19.3. The van der Waals surface area contributed by atoms with E-state index >= 15 is 0 Å². The van der Waals surface area contributed by atoms with E-state index in [1.54, 1.807) is 49.4 Å². The molecule has 0 bridgehead atoms. The molecule has 220 valence electrons. The van der Waals surface area contributed by atoms with Crippen molar-refractivity contribution < 1.29 is 22.7 Å². The molecular formula is C30H35Cl2N3O5S. The summed E-state index contributed by atoms with van der Waals surface area (Å²) in [5, 5.41) is 3.66. The maximum Gasteiger partial charge on any atom is 0.264 e. The van der Waals surface area contributed by atoms with Crippen molar-refractivity contribution in [2.75, 3.05) is 18.0 Å². The van der Waals surface area contributed by atoms with Crippen LogP contribution in [0.3, 0.4) is 0 Å². The lowest BCUT2D eigenvalue weighted by molar-refractivity contribution is -0.141. The number of halogens is 2. The van der Waals surface area contributed by atoms with Crippen molar-refractivity contribution in [3.8, 4) is 5.75 Å². The van der Waals surface area contributed by atoms with Crippen LogP contribution in [0.1, 0.15) is 39.7 Å². The third-order valence-corrected chi connectivity index (χ3v) is 8.60. The molecule has 0 radical (unpaired) electrons. The predicted molar refractivity (Wildman–Crippen MR) is 163 cm³/mol. The molecule has 0 heterocycles. The number of carbonyl (C=O) groups excluding carboxylic acids is 2. The smallest absolute Gasteiger partial charge is 0.264 e. The second kappa shape index (κ2) is 13.6. The molecule has 41 heavy (non-hydrogen) atoms. The molecule has 3 aromatic carbocycles. The molecule has 8 nitrogen and oxygen atoms in total. The maximum atomic E-state index is 14.1. The topological polar surface area (TPSA) is 96.0 Å². The number of hydrogen-bond donors (Lipinski definition) is 1. The maximum absolute atomic E-state index is 14.1. The summed E-state index contributed by atoms with van der Waals surface area (Å²) in [6, 6.07) is 18.2. The van der Waals surface area contributed by atoms with Crippen molar-refractivity contribution in [3.05, 3.63) is 88.4 Å². The first-order valence-corrected chi connectivity index (χ1v) is 15.2. The van der Waals surface area contributed by atoms with Gasteiger partial charge in [0.25, 0.3) is 10.0 Å². The third-order valence-electron chi connectivity index (χ3n) is 6.21. The van der Waals surface area contributed by atoms with E-state index in [2.05, 4.69) is 5.32 Å². The fraction of sp³-hybridized carbons (Fsp3) is 0.333. The first-order valence-electron chi connectivity index (χ1n) is 13.0. The Morgan fingerprint density at radius 1 is 0.976 bits per heavy atom. The molecule has 0 fully saturated rings. The molecule has 0 aliphatic carbocycles. The van der Waals surface area contributed by atoms with Gasteiger partial charge in [0.1, 0.15) is 18.3 Å². The van der Waals surface area contributed by atoms with Crippen molar-refractivity contribution in [3.63, 3.8) is 0 Å². The Hall–Kier alpha value is -3.27. The van der Waals surface area contributed by atoms with Gasteiger partial charge < -0.3 is 15.0 Å². The average Bonchev–Trinajstić information content (AvgIpc) is 2.91. The Balaban J connectivity index is 2.09. The molecule has 0 aromatic heterocycles. The Bertz CT molecular complexity index is 1470. The summed E-state index contributed by atoms with van der Waals surface area (Å²) < 4.78 is 34.1. The zero-order chi connectivity index (χ0) is 30.4. The second-order valence-electron chi connectivity index (χ2n) is 10.4. The normalized spacial score (nSPS) is 12.4. The number of nitrogens with zero attached hydrogens (tertiary/aromatic N) is 2. The van der Waals surface area contributed by atoms with Gasteiger partial charge in [-0.05, 0) is 81.3 Å². The van der Waals surface area contributed by atoms with Crippen LogP contribution in [0.2, 0.25) is 10.0 Å². The average molecular weight is 621 g/mol. The zero-order valence-corrected chi connectivity index (χ0v) is 26.1. The van der Waals surface area contributed by atoms with E-state index in [9.17, 15) is 18.0 Å². The SMILES string of the molecule is CC[C@H](C(=O)NC(C)(C)C)N(Cc1ccccc1Cl)C(=O)CN(c1cccc(Cl)c1)S(=O)(=O)c1ccc(OC)cc1. The Labute approximate surface area is 252 Å². The van der Waals surface area contributed by atoms with Gasteiger partial charge in [-0.25, -0.2) is 8.42 Å². The van der Waals surface area contributed by atoms with Crippen molar-refractivity contribution >= 4 is 50.7 Å². The number of benzene rings is 3. The minimum absolute atomic E-state index is 0.000541. The molecule has 0 unspecified atom stereocenters. The van der Waals surface area contributed by atoms with Gasteiger partial charge in [-0.2, -0.15) is 0 Å². The van der Waals surface area contributed by atoms with Crippen molar-refractivity contribution in [1.29, 1.82) is 0 Å². The molecular weight excluding hydrogens is 585 g/mol. The monoisotopic (exact) mass is 619 g/mol. The van der Waals surface area contributed by atoms with E-state index in [0.717, 1.165) is 4.31 Å². The van der Waals surface area contributed by atoms with Crippen LogP contribution in [0.4, 0.5) is 5.69 Å². The molecule has 0 aliphatic rings. The second-order valence-corrected chi connectivity index (χ2v) is 13.1. The molecule has 0 saturated heterocycles. The molecule has 1 N–H and O–H groups in total. The number of hydrogen-bond acceptors (Lipinski definition) is 5. The molecule has 0 saturated carbocycles. The quantitative estimate of drug-likeness (QED) is 0.287. The van der Waals surface area contributed by atoms with E-state index < -0.39 is 34.1 Å². The summed E-state index contributed by atoms with van der Waals surface area (Å²) in [4.78, 5) is 28.8. The summed E-state index contributed by atoms with van der Waals surface area (Å²) in [5.74, 6) is -0.457. The minimum atomic E-state index is -4.24. The third kappa shape index (κ3) is 8.38. The van der Waals surface area contributed by atoms with Crippen LogP contribution < -0.4 is 14.4 Å². The highest BCUT2D eigenvalue weighted by Crippen LogP contribution is 2.28. The van der Waals surface area contributed by atoms with E-state index in [0.29, 0.717) is 27.8 Å². The van der Waals surface area contributed by atoms with Gasteiger partial charge in [0.2, 0.25) is 11.8 Å². The molecule has 11 heteroatoms. The number of ether oxygens (including phenoxy) is 1. The van der Waals surface area contributed by atoms with Gasteiger partial charge in [0.15, 0.2) is 0 Å². The first kappa shape index (κ1) is 32.2. The highest BCUT2D eigenvalue weighted by atomic mass is 35.5. The number of sulfonamides is 1. The number of anilines is 1. The lowest BCUT2D eigenvalue weighted by Crippen LogP contribution is -2.55. The van der Waals surface area contributed by atoms with Gasteiger partial charge in [-0.3, -0.25) is 13.9 Å². The fourth-order valence-electron chi connectivity index (χ4n) is 4.22. The Kier molecular flexibility index (Phi) is 10.7. The van der Waals surface area contributed by atoms with Crippen LogP contribution in [0.25, 0.3) is 0 Å². The van der Waals surface area contributed by atoms with Gasteiger partial charge >= 0.3 is 0 Å². The molecule has 3 aromatic rings. The van der Waals surface area contributed by atoms with Gasteiger partial charge in [-0.1, -0.05) is 54.4 Å². The molecule has 2 amide bonds. The van der Waals surface area contributed by atoms with Crippen molar-refractivity contribution in [2.24, 2.45) is 0 Å². The van der Waals surface area contributed by atoms with Crippen LogP contribution in [0, 0.1) is 0 Å². The molecule has 1 atom stereocenters. The summed E-state index contributed by atoms with van der Waals surface area (Å²) in [5.41, 5.74) is 0.275. The van der Waals surface area contributed by atoms with Gasteiger partial charge in [-0.15, -0.1) is 0 Å². The number of amides is 2. The standard InChI is InChI=1S/C30H35Cl2N3O5S/c1-6-27(29(37)33-30(2,3)4)34(19-21-10-7-8-13-26(21)32)28(36)20-35(23-12-9-11-22(31)18-23)41(38,39)25-16-14-24(40-5)15-17-25/h7-18,27H,6,19-20H2,1-5H3,(H,33,37)/t27-/m1/s1. The number of nitrogens with one attached hydrogen (secondary N) is 1. The lowest BCUT2D eigenvalue weighted by atomic mass is 10.1. The highest BCUT2D eigenvalue weighted by molar-refractivity contribution is 7.92. The number of rotatable bonds is 11. The summed E-state index contributed by atoms with van der Waals surface area (Å²) >= 11 is 12.7. The summed E-state index contributed by atoms with van der Waals surface area (Å²) in [7, 11) is -2.76. The lowest BCUT2D eigenvalue weighted by Gasteiger charge is -2.35. The van der Waals surface area contributed by atoms with E-state index in [-0.39, 0.29) is 23.0 Å². The highest BCUT2D eigenvalue weighted by Gasteiger charge is 2.35. The van der Waals surface area contributed by atoms with E-state index in [1.807, 2.05) is 20.8 Å². The van der Waals surface area contributed by atoms with Crippen LogP contribution >= 0.6 is 23.2 Å². The summed E-state index contributed by atoms with van der Waals surface area (Å²) in [6.45, 7) is 6.75. The van der Waals surface area contributed by atoms with Crippen LogP contribution in [-0.2, 0) is 26.2 Å². The van der Waals surface area contributed by atoms with Crippen LogP contribution in [-0.4, -0.2) is 50.4 Å². The predicted octanol–water partition coefficient (Wildman–Crippen LogP) is 5.92. The Morgan fingerprint density at radius 3 is 2.20 bits per heavy atom. The van der Waals surface area contributed by atoms with Gasteiger partial charge in [0.05, 0.1) is 17.7 Å². The fourth-order valence-corrected chi connectivity index (χ4v) is 6.00. The number of methoxy groups -OCH3 is 1. The van der Waals surface area contributed by atoms with E-state index in [4.69, 9.17) is 27.9 Å². The molecule has 0 spiro atoms. The molecule has 0 aliphatic heterocycles. The Morgan fingerprint density at radius 2 is 1.63 bits per heavy atom. The largest absolute Gasteiger partial charge is 0.497 e. The van der Waals surface area contributed by atoms with Gasteiger partial charge in [0, 0.05) is 22.1 Å². The minimum Gasteiger partial charge on any atom is -0.497 e. The number of carbonyl (C=O) groups is 2. The van der Waals surface area contributed by atoms with Crippen molar-refractivity contribution in [1.82, 2.24) is 10.2 Å². The van der Waals surface area contributed by atoms with E-state index in [1.165, 1.54) is 42.3 Å². The van der Waals surface area contributed by atoms with Crippen LogP contribution in [0.15, 0.2) is 77.7 Å². The zero-order valence-electron chi connectivity index (χ0n) is 23.7. The van der Waals surface area contributed by atoms with Crippen molar-refractivity contribution in [2.45, 2.75) is 57.1 Å². The summed E-state index contributed by atoms with van der Waals surface area (Å²) in [6.07, 6.45) is 0.292. The molecule has 3 rings (SSSR count). The van der Waals surface area contributed by atoms with Crippen LogP contribution in [0.5, 0.6) is 5.75 Å².